The van der Waals surface area contributed by atoms with E-state index in [0.29, 0.717) is 11.1 Å². The summed E-state index contributed by atoms with van der Waals surface area (Å²) >= 11 is 0. The maximum Gasteiger partial charge on any atom is 2.00 e. The topological polar surface area (TPSA) is 173 Å². The molecule has 0 fully saturated rings. The molecular weight excluding hydrogens is 428 g/mol. The van der Waals surface area contributed by atoms with Gasteiger partial charge in [0.25, 0.3) is 0 Å². The van der Waals surface area contributed by atoms with Crippen LogP contribution in [0.5, 0.6) is 0 Å². The molecule has 0 unspecified atom stereocenters. The van der Waals surface area contributed by atoms with Crippen LogP contribution in [0.1, 0.15) is 26.7 Å². The molecule has 2 N–H and O–H groups in total. The zero-order chi connectivity index (χ0) is 21.0. The first-order valence-corrected chi connectivity index (χ1v) is 10.6. The van der Waals surface area contributed by atoms with Gasteiger partial charge in [0.1, 0.15) is 0 Å². The SMILES string of the molecule is C=C(C)C(=O)NCCCS(=O)(=O)[O-].C=C(C)C(=O)NCCCS(=O)(=O)[O-].[Ca+2]. The Morgan fingerprint density at radius 3 is 1.22 bits per heavy atom. The van der Waals surface area contributed by atoms with Crippen molar-refractivity contribution in [1.29, 1.82) is 0 Å². The van der Waals surface area contributed by atoms with E-state index in [4.69, 9.17) is 0 Å². The van der Waals surface area contributed by atoms with Gasteiger partial charge in [-0.1, -0.05) is 13.2 Å². The van der Waals surface area contributed by atoms with Gasteiger partial charge in [-0.25, -0.2) is 16.8 Å². The van der Waals surface area contributed by atoms with E-state index < -0.39 is 31.7 Å². The molecule has 0 heterocycles. The number of nitrogens with one attached hydrogen (secondary N) is 2. The molecule has 0 aromatic heterocycles. The van der Waals surface area contributed by atoms with Crippen LogP contribution in [0.15, 0.2) is 24.3 Å². The van der Waals surface area contributed by atoms with E-state index in [1.165, 1.54) is 0 Å². The molecule has 152 valence electrons. The average Bonchev–Trinajstić information content (AvgIpc) is 2.46. The van der Waals surface area contributed by atoms with Crippen LogP contribution < -0.4 is 10.6 Å². The molecule has 0 aromatic rings. The molecule has 0 aliphatic rings. The first-order chi connectivity index (χ1) is 11.7. The second-order valence-corrected chi connectivity index (χ2v) is 8.35. The molecule has 0 saturated heterocycles. The van der Waals surface area contributed by atoms with Crippen molar-refractivity contribution in [2.24, 2.45) is 0 Å². The second-order valence-electron chi connectivity index (χ2n) is 5.30. The molecule has 0 aliphatic heterocycles. The van der Waals surface area contributed by atoms with Gasteiger partial charge >= 0.3 is 37.7 Å². The first kappa shape index (κ1) is 31.2. The Morgan fingerprint density at radius 2 is 1.04 bits per heavy atom. The predicted octanol–water partition coefficient (Wildman–Crippen LogP) is -1.15. The Balaban J connectivity index is -0.000000411. The number of amides is 2. The van der Waals surface area contributed by atoms with E-state index in [2.05, 4.69) is 23.8 Å². The van der Waals surface area contributed by atoms with Crippen molar-refractivity contribution in [3.63, 3.8) is 0 Å². The van der Waals surface area contributed by atoms with E-state index in [1.807, 2.05) is 0 Å². The number of hydrogen-bond acceptors (Lipinski definition) is 8. The van der Waals surface area contributed by atoms with Crippen molar-refractivity contribution in [3.8, 4) is 0 Å². The summed E-state index contributed by atoms with van der Waals surface area (Å²) in [6, 6.07) is 0. The predicted molar refractivity (Wildman–Crippen MR) is 99.8 cm³/mol. The summed E-state index contributed by atoms with van der Waals surface area (Å²) in [5.74, 6) is -1.57. The molecule has 0 atom stereocenters. The summed E-state index contributed by atoms with van der Waals surface area (Å²) < 4.78 is 60.7. The molecule has 0 bridgehead atoms. The van der Waals surface area contributed by atoms with Gasteiger partial charge in [-0.3, -0.25) is 9.59 Å². The van der Waals surface area contributed by atoms with Crippen molar-refractivity contribution >= 4 is 69.8 Å². The van der Waals surface area contributed by atoms with Crippen molar-refractivity contribution in [2.75, 3.05) is 24.6 Å². The number of rotatable bonds is 10. The van der Waals surface area contributed by atoms with Crippen molar-refractivity contribution in [2.45, 2.75) is 26.7 Å². The minimum absolute atomic E-state index is 0. The van der Waals surface area contributed by atoms with Gasteiger partial charge in [0, 0.05) is 35.7 Å². The largest absolute Gasteiger partial charge is 2.00 e. The van der Waals surface area contributed by atoms with E-state index in [0.717, 1.165) is 0 Å². The van der Waals surface area contributed by atoms with E-state index in [9.17, 15) is 35.5 Å². The first-order valence-electron chi connectivity index (χ1n) is 7.40. The molecule has 0 aromatic carbocycles. The van der Waals surface area contributed by atoms with Gasteiger partial charge in [0.15, 0.2) is 0 Å². The fraction of sp³-hybridized carbons (Fsp3) is 0.571. The molecular formula is C14H24CaN2O8S2. The quantitative estimate of drug-likeness (QED) is 0.181. The third-order valence-corrected chi connectivity index (χ3v) is 4.07. The summed E-state index contributed by atoms with van der Waals surface area (Å²) in [7, 11) is -8.33. The Labute approximate surface area is 190 Å². The zero-order valence-corrected chi connectivity index (χ0v) is 19.3. The Morgan fingerprint density at radius 1 is 0.778 bits per heavy atom. The molecule has 0 rings (SSSR count). The smallest absolute Gasteiger partial charge is 0.748 e. The van der Waals surface area contributed by atoms with Gasteiger partial charge in [0.05, 0.1) is 20.2 Å². The summed E-state index contributed by atoms with van der Waals surface area (Å²) in [6.07, 6.45) is 0.260. The van der Waals surface area contributed by atoms with Gasteiger partial charge in [-0.15, -0.1) is 0 Å². The summed E-state index contributed by atoms with van der Waals surface area (Å²) in [4.78, 5) is 21.7. The molecule has 27 heavy (non-hydrogen) atoms. The van der Waals surface area contributed by atoms with Crippen LogP contribution in [0.4, 0.5) is 0 Å². The maximum atomic E-state index is 10.8. The monoisotopic (exact) mass is 452 g/mol. The normalized spacial score (nSPS) is 10.5. The van der Waals surface area contributed by atoms with Crippen LogP contribution in [0.3, 0.4) is 0 Å². The maximum absolute atomic E-state index is 10.8. The van der Waals surface area contributed by atoms with Gasteiger partial charge in [-0.05, 0) is 26.7 Å². The van der Waals surface area contributed by atoms with E-state index >= 15 is 0 Å². The average molecular weight is 453 g/mol. The molecule has 2 amide bonds. The standard InChI is InChI=1S/2C7H13NO4S.Ca/c2*1-6(2)7(9)8-4-3-5-13(10,11)12;/h2*1,3-5H2,2H3,(H,8,9)(H,10,11,12);/q;;+2/p-2. The van der Waals surface area contributed by atoms with Gasteiger partial charge in [0.2, 0.25) is 11.8 Å². The third-order valence-electron chi connectivity index (χ3n) is 2.49. The molecule has 0 spiro atoms. The minimum Gasteiger partial charge on any atom is -0.748 e. The summed E-state index contributed by atoms with van der Waals surface area (Å²) in [6.45, 7) is 10.2. The van der Waals surface area contributed by atoms with Crippen LogP contribution >= 0.6 is 0 Å². The van der Waals surface area contributed by atoms with Crippen LogP contribution in [0.25, 0.3) is 0 Å². The number of carbonyl (C=O) groups is 2. The molecule has 0 radical (unpaired) electrons. The second kappa shape index (κ2) is 15.4. The molecule has 0 saturated carbocycles. The van der Waals surface area contributed by atoms with E-state index in [-0.39, 0.29) is 75.5 Å². The molecule has 13 heteroatoms. The van der Waals surface area contributed by atoms with Gasteiger partial charge < -0.3 is 19.7 Å². The Bertz CT molecular complexity index is 655. The van der Waals surface area contributed by atoms with Crippen LogP contribution in [-0.2, 0) is 29.8 Å². The Kier molecular flexibility index (Phi) is 17.8. The summed E-state index contributed by atoms with van der Waals surface area (Å²) in [5, 5.41) is 4.83. The third kappa shape index (κ3) is 25.5. The van der Waals surface area contributed by atoms with Crippen LogP contribution in [-0.4, -0.2) is 100 Å². The van der Waals surface area contributed by atoms with Crippen LogP contribution in [0.2, 0.25) is 0 Å². The van der Waals surface area contributed by atoms with Gasteiger partial charge in [-0.2, -0.15) is 0 Å². The van der Waals surface area contributed by atoms with Crippen LogP contribution in [0, 0.1) is 0 Å². The fourth-order valence-electron chi connectivity index (χ4n) is 1.20. The number of hydrogen-bond donors (Lipinski definition) is 2. The fourth-order valence-corrected chi connectivity index (χ4v) is 2.20. The minimum atomic E-state index is -4.17. The van der Waals surface area contributed by atoms with Crippen molar-refractivity contribution in [1.82, 2.24) is 10.6 Å². The summed E-state index contributed by atoms with van der Waals surface area (Å²) in [5.41, 5.74) is 0.704. The zero-order valence-electron chi connectivity index (χ0n) is 15.4. The van der Waals surface area contributed by atoms with E-state index in [1.54, 1.807) is 13.8 Å². The molecule has 0 aliphatic carbocycles. The Hall–Kier alpha value is -0.500. The van der Waals surface area contributed by atoms with Crippen molar-refractivity contribution < 1.29 is 35.5 Å². The molecule has 10 nitrogen and oxygen atoms in total. The number of carbonyl (C=O) groups excluding carboxylic acids is 2. The van der Waals surface area contributed by atoms with Crippen molar-refractivity contribution in [3.05, 3.63) is 24.3 Å².